The fourth-order valence-corrected chi connectivity index (χ4v) is 1.57. The molecule has 0 bridgehead atoms. The normalized spacial score (nSPS) is 11.6. The molecule has 0 unspecified atom stereocenters. The highest BCUT2D eigenvalue weighted by Crippen LogP contribution is 1.96. The van der Waals surface area contributed by atoms with E-state index in [0.717, 1.165) is 38.3 Å². The first-order valence-corrected chi connectivity index (χ1v) is 6.32. The molecule has 1 rings (SSSR count). The monoisotopic (exact) mass is 239 g/mol. The Morgan fingerprint density at radius 3 is 2.82 bits per heavy atom. The van der Waals surface area contributed by atoms with E-state index in [0.29, 0.717) is 5.92 Å². The standard InChI is InChI=1S/C12H25N5/c1-11(2)8-13-9-12-10-17(15-14-12)7-5-6-16(3)4/h10-11,13H,5-9H2,1-4H3. The SMILES string of the molecule is CC(C)CNCc1cn(CCCN(C)C)nn1. The van der Waals surface area contributed by atoms with Gasteiger partial charge in [-0.05, 0) is 39.5 Å². The van der Waals surface area contributed by atoms with Crippen LogP contribution < -0.4 is 5.32 Å². The van der Waals surface area contributed by atoms with Crippen LogP contribution in [0.3, 0.4) is 0 Å². The molecule has 1 aromatic heterocycles. The van der Waals surface area contributed by atoms with Crippen molar-refractivity contribution in [3.8, 4) is 0 Å². The van der Waals surface area contributed by atoms with E-state index >= 15 is 0 Å². The molecule has 5 heteroatoms. The van der Waals surface area contributed by atoms with Crippen LogP contribution in [-0.2, 0) is 13.1 Å². The van der Waals surface area contributed by atoms with E-state index in [1.54, 1.807) is 0 Å². The molecule has 0 atom stereocenters. The first-order valence-electron chi connectivity index (χ1n) is 6.32. The van der Waals surface area contributed by atoms with Crippen LogP contribution in [0.25, 0.3) is 0 Å². The highest BCUT2D eigenvalue weighted by molar-refractivity contribution is 4.91. The average molecular weight is 239 g/mol. The van der Waals surface area contributed by atoms with E-state index < -0.39 is 0 Å². The molecule has 0 aliphatic heterocycles. The predicted molar refractivity (Wildman–Crippen MR) is 69.7 cm³/mol. The summed E-state index contributed by atoms with van der Waals surface area (Å²) < 4.78 is 1.93. The van der Waals surface area contributed by atoms with Gasteiger partial charge in [0.1, 0.15) is 0 Å². The molecule has 0 saturated heterocycles. The highest BCUT2D eigenvalue weighted by atomic mass is 15.4. The van der Waals surface area contributed by atoms with Gasteiger partial charge >= 0.3 is 0 Å². The summed E-state index contributed by atoms with van der Waals surface area (Å²) in [6.07, 6.45) is 3.14. The Hall–Kier alpha value is -0.940. The van der Waals surface area contributed by atoms with E-state index in [4.69, 9.17) is 0 Å². The van der Waals surface area contributed by atoms with Gasteiger partial charge in [0, 0.05) is 19.3 Å². The summed E-state index contributed by atoms with van der Waals surface area (Å²) in [6.45, 7) is 8.26. The number of aromatic nitrogens is 3. The molecule has 1 heterocycles. The second kappa shape index (κ2) is 7.40. The number of hydrogen-bond acceptors (Lipinski definition) is 4. The molecule has 0 radical (unpaired) electrons. The van der Waals surface area contributed by atoms with Crippen LogP contribution in [0.2, 0.25) is 0 Å². The minimum atomic E-state index is 0.671. The molecule has 0 aromatic carbocycles. The number of aryl methyl sites for hydroxylation is 1. The van der Waals surface area contributed by atoms with Crippen LogP contribution in [0, 0.1) is 5.92 Å². The fourth-order valence-electron chi connectivity index (χ4n) is 1.57. The molecular weight excluding hydrogens is 214 g/mol. The van der Waals surface area contributed by atoms with Gasteiger partial charge < -0.3 is 10.2 Å². The minimum Gasteiger partial charge on any atom is -0.311 e. The van der Waals surface area contributed by atoms with Gasteiger partial charge in [0.05, 0.1) is 5.69 Å². The van der Waals surface area contributed by atoms with Gasteiger partial charge in [0.15, 0.2) is 0 Å². The van der Waals surface area contributed by atoms with Crippen LogP contribution >= 0.6 is 0 Å². The van der Waals surface area contributed by atoms with Crippen molar-refractivity contribution in [3.63, 3.8) is 0 Å². The van der Waals surface area contributed by atoms with Crippen LogP contribution in [0.4, 0.5) is 0 Å². The maximum atomic E-state index is 4.15. The fraction of sp³-hybridized carbons (Fsp3) is 0.833. The van der Waals surface area contributed by atoms with Crippen LogP contribution in [0.1, 0.15) is 26.0 Å². The highest BCUT2D eigenvalue weighted by Gasteiger charge is 2.01. The quantitative estimate of drug-likeness (QED) is 0.734. The molecule has 0 aliphatic carbocycles. The third-order valence-corrected chi connectivity index (χ3v) is 2.44. The van der Waals surface area contributed by atoms with Crippen molar-refractivity contribution in [2.24, 2.45) is 5.92 Å². The Balaban J connectivity index is 2.23. The van der Waals surface area contributed by atoms with Crippen molar-refractivity contribution >= 4 is 0 Å². The van der Waals surface area contributed by atoms with Gasteiger partial charge in [0.25, 0.3) is 0 Å². The Kier molecular flexibility index (Phi) is 6.15. The average Bonchev–Trinajstić information content (AvgIpc) is 2.65. The second-order valence-corrected chi connectivity index (χ2v) is 5.15. The van der Waals surface area contributed by atoms with Crippen molar-refractivity contribution < 1.29 is 0 Å². The summed E-state index contributed by atoms with van der Waals surface area (Å²) in [4.78, 5) is 2.18. The summed E-state index contributed by atoms with van der Waals surface area (Å²) in [5.41, 5.74) is 1.02. The summed E-state index contributed by atoms with van der Waals surface area (Å²) in [5.74, 6) is 0.671. The number of nitrogens with one attached hydrogen (secondary N) is 1. The molecule has 0 amide bonds. The smallest absolute Gasteiger partial charge is 0.0964 e. The molecule has 17 heavy (non-hydrogen) atoms. The van der Waals surface area contributed by atoms with Crippen molar-refractivity contribution in [2.45, 2.75) is 33.4 Å². The Labute approximate surface area is 104 Å². The Bertz CT molecular complexity index is 277. The zero-order chi connectivity index (χ0) is 12.7. The first kappa shape index (κ1) is 14.1. The molecule has 98 valence electrons. The van der Waals surface area contributed by atoms with Gasteiger partial charge in [-0.1, -0.05) is 19.1 Å². The molecule has 1 N–H and O–H groups in total. The van der Waals surface area contributed by atoms with E-state index in [1.165, 1.54) is 0 Å². The van der Waals surface area contributed by atoms with Crippen molar-refractivity contribution in [3.05, 3.63) is 11.9 Å². The lowest BCUT2D eigenvalue weighted by Crippen LogP contribution is -2.19. The maximum absolute atomic E-state index is 4.15. The molecular formula is C12H25N5. The van der Waals surface area contributed by atoms with E-state index in [-0.39, 0.29) is 0 Å². The summed E-state index contributed by atoms with van der Waals surface area (Å²) in [7, 11) is 4.17. The number of hydrogen-bond donors (Lipinski definition) is 1. The third-order valence-electron chi connectivity index (χ3n) is 2.44. The van der Waals surface area contributed by atoms with Gasteiger partial charge in [-0.25, -0.2) is 0 Å². The van der Waals surface area contributed by atoms with E-state index in [9.17, 15) is 0 Å². The van der Waals surface area contributed by atoms with Crippen LogP contribution in [0.5, 0.6) is 0 Å². The zero-order valence-electron chi connectivity index (χ0n) is 11.5. The Morgan fingerprint density at radius 1 is 1.41 bits per heavy atom. The van der Waals surface area contributed by atoms with Crippen molar-refractivity contribution in [1.29, 1.82) is 0 Å². The molecule has 0 saturated carbocycles. The van der Waals surface area contributed by atoms with E-state index in [1.807, 2.05) is 10.9 Å². The summed E-state index contributed by atoms with van der Waals surface area (Å²) >= 11 is 0. The summed E-state index contributed by atoms with van der Waals surface area (Å²) in [5, 5.41) is 11.6. The number of nitrogens with zero attached hydrogens (tertiary/aromatic N) is 4. The van der Waals surface area contributed by atoms with Gasteiger partial charge in [-0.2, -0.15) is 0 Å². The minimum absolute atomic E-state index is 0.671. The second-order valence-electron chi connectivity index (χ2n) is 5.15. The summed E-state index contributed by atoms with van der Waals surface area (Å²) in [6, 6.07) is 0. The zero-order valence-corrected chi connectivity index (χ0v) is 11.5. The van der Waals surface area contributed by atoms with Crippen molar-refractivity contribution in [2.75, 3.05) is 27.2 Å². The van der Waals surface area contributed by atoms with E-state index in [2.05, 4.69) is 48.5 Å². The third kappa shape index (κ3) is 6.38. The molecule has 0 aliphatic rings. The molecule has 0 fully saturated rings. The van der Waals surface area contributed by atoms with Gasteiger partial charge in [0.2, 0.25) is 0 Å². The molecule has 5 nitrogen and oxygen atoms in total. The molecule has 1 aromatic rings. The van der Waals surface area contributed by atoms with Crippen molar-refractivity contribution in [1.82, 2.24) is 25.2 Å². The lowest BCUT2D eigenvalue weighted by molar-refractivity contribution is 0.379. The lowest BCUT2D eigenvalue weighted by atomic mass is 10.2. The Morgan fingerprint density at radius 2 is 2.18 bits per heavy atom. The van der Waals surface area contributed by atoms with Crippen LogP contribution in [-0.4, -0.2) is 47.1 Å². The van der Waals surface area contributed by atoms with Gasteiger partial charge in [-0.3, -0.25) is 4.68 Å². The first-order chi connectivity index (χ1) is 8.08. The predicted octanol–water partition coefficient (Wildman–Crippen LogP) is 0.975. The van der Waals surface area contributed by atoms with Gasteiger partial charge in [-0.15, -0.1) is 5.10 Å². The van der Waals surface area contributed by atoms with Crippen LogP contribution in [0.15, 0.2) is 6.20 Å². The largest absolute Gasteiger partial charge is 0.311 e. The maximum Gasteiger partial charge on any atom is 0.0964 e. The topological polar surface area (TPSA) is 46.0 Å². The number of rotatable bonds is 8. The molecule has 0 spiro atoms. The lowest BCUT2D eigenvalue weighted by Gasteiger charge is -2.08.